The molecule has 6 atom stereocenters. The Morgan fingerprint density at radius 2 is 1.78 bits per heavy atom. The Balaban J connectivity index is 1.37. The molecule has 1 N–H and O–H groups in total. The van der Waals surface area contributed by atoms with Gasteiger partial charge in [0.25, 0.3) is 0 Å². The maximum atomic E-state index is 14.4. The summed E-state index contributed by atoms with van der Waals surface area (Å²) in [6.45, 7) is 6.27. The maximum absolute atomic E-state index is 14.4. The van der Waals surface area contributed by atoms with Gasteiger partial charge in [-0.3, -0.25) is 4.79 Å². The van der Waals surface area contributed by atoms with Gasteiger partial charge in [-0.1, -0.05) is 39.5 Å². The van der Waals surface area contributed by atoms with E-state index in [2.05, 4.69) is 19.2 Å². The van der Waals surface area contributed by atoms with Crippen LogP contribution in [0.3, 0.4) is 0 Å². The van der Waals surface area contributed by atoms with E-state index in [0.717, 1.165) is 88.1 Å². The second-order valence-electron chi connectivity index (χ2n) is 14.3. The first kappa shape index (κ1) is 31.5. The van der Waals surface area contributed by atoms with E-state index in [-0.39, 0.29) is 24.3 Å². The molecule has 4 aliphatic rings. The number of fused-ring (bicyclic) bond motifs is 5. The first-order chi connectivity index (χ1) is 21.6. The average molecular weight is 621 g/mol. The number of benzene rings is 1. The van der Waals surface area contributed by atoms with Crippen LogP contribution in [0.25, 0.3) is 11.0 Å². The Hall–Kier alpha value is -3.43. The summed E-state index contributed by atoms with van der Waals surface area (Å²) >= 11 is 0. The van der Waals surface area contributed by atoms with Gasteiger partial charge in [0.15, 0.2) is 0 Å². The van der Waals surface area contributed by atoms with Crippen molar-refractivity contribution in [3.63, 3.8) is 0 Å². The van der Waals surface area contributed by atoms with Gasteiger partial charge in [-0.15, -0.1) is 0 Å². The van der Waals surface area contributed by atoms with Gasteiger partial charge in [0, 0.05) is 12.0 Å². The molecular weight excluding hydrogens is 572 g/mol. The van der Waals surface area contributed by atoms with Crippen LogP contribution in [0.2, 0.25) is 0 Å². The molecular formula is C35H48N4O6. The lowest BCUT2D eigenvalue weighted by atomic mass is 9.79. The number of amides is 2. The molecule has 3 heterocycles. The van der Waals surface area contributed by atoms with Crippen molar-refractivity contribution >= 4 is 29.3 Å². The number of rotatable bonds is 3. The standard InChI is InChI=1S/C35H48N4O6/c1-22-28(21-40)39-20-29(22)44-31-26(36-25-15-14-24(43-4)19-27(25)37-31)13-7-5-6-11-23-12-10-18-35(23,3)45-33(42)38-30(32(39)41)34(2)16-8-9-17-34/h14-15,19,21-23,28-30H,5-13,16-18,20H2,1-4H3,(H,38,42)/t22-,23+,28+,29-,30+,35+/m0/s1. The third-order valence-corrected chi connectivity index (χ3v) is 11.3. The number of aryl methyl sites for hydroxylation is 1. The smallest absolute Gasteiger partial charge is 0.408 e. The number of carbonyl (C=O) groups is 3. The van der Waals surface area contributed by atoms with Crippen LogP contribution in [0, 0.1) is 17.3 Å². The Bertz CT molecular complexity index is 1430. The van der Waals surface area contributed by atoms with E-state index in [0.29, 0.717) is 23.6 Å². The highest BCUT2D eigenvalue weighted by Crippen LogP contribution is 2.44. The molecule has 10 heteroatoms. The van der Waals surface area contributed by atoms with Crippen LogP contribution in [0.5, 0.6) is 11.6 Å². The molecule has 3 fully saturated rings. The topological polar surface area (TPSA) is 120 Å². The number of nitrogens with zero attached hydrogens (tertiary/aromatic N) is 3. The Morgan fingerprint density at radius 1 is 1.00 bits per heavy atom. The zero-order valence-electron chi connectivity index (χ0n) is 27.2. The minimum absolute atomic E-state index is 0.212. The minimum Gasteiger partial charge on any atom is -0.497 e. The number of aldehydes is 1. The molecule has 0 unspecified atom stereocenters. The molecule has 6 rings (SSSR count). The van der Waals surface area contributed by atoms with Gasteiger partial charge in [-0.25, -0.2) is 14.8 Å². The van der Waals surface area contributed by atoms with Gasteiger partial charge in [-0.05, 0) is 81.8 Å². The SMILES string of the molecule is COc1ccc2nc3c(nc2c1)O[C@H]1CN(C(=O)[C@H](C2(C)CCCC2)NC(=O)O[C@]2(C)CCC[C@H]2CCCCC3)[C@H](C=O)[C@@H]1C. The number of hydrogen-bond donors (Lipinski definition) is 1. The molecule has 2 amide bonds. The van der Waals surface area contributed by atoms with Crippen molar-refractivity contribution in [2.45, 2.75) is 122 Å². The quantitative estimate of drug-likeness (QED) is 0.429. The first-order valence-electron chi connectivity index (χ1n) is 16.9. The normalized spacial score (nSPS) is 32.4. The van der Waals surface area contributed by atoms with Crippen molar-refractivity contribution < 1.29 is 28.6 Å². The maximum Gasteiger partial charge on any atom is 0.408 e. The lowest BCUT2D eigenvalue weighted by Crippen LogP contribution is -2.58. The van der Waals surface area contributed by atoms with Crippen molar-refractivity contribution in [1.82, 2.24) is 20.2 Å². The summed E-state index contributed by atoms with van der Waals surface area (Å²) in [6.07, 6.45) is 10.9. The van der Waals surface area contributed by atoms with E-state index in [1.165, 1.54) is 0 Å². The highest BCUT2D eigenvalue weighted by atomic mass is 16.6. The number of methoxy groups -OCH3 is 1. The Labute approximate surface area is 266 Å². The lowest BCUT2D eigenvalue weighted by molar-refractivity contribution is -0.140. The molecule has 244 valence electrons. The Kier molecular flexibility index (Phi) is 8.94. The molecule has 2 aliphatic carbocycles. The van der Waals surface area contributed by atoms with Crippen LogP contribution in [-0.2, 0) is 20.7 Å². The average Bonchev–Trinajstić information content (AvgIpc) is 3.71. The molecule has 2 aromatic rings. The number of ether oxygens (including phenoxy) is 3. The predicted molar refractivity (Wildman–Crippen MR) is 169 cm³/mol. The summed E-state index contributed by atoms with van der Waals surface area (Å²) in [5.41, 5.74) is 1.22. The summed E-state index contributed by atoms with van der Waals surface area (Å²) in [5, 5.41) is 3.04. The fourth-order valence-corrected chi connectivity index (χ4v) is 8.33. The second-order valence-corrected chi connectivity index (χ2v) is 14.3. The molecule has 2 bridgehead atoms. The number of carbonyl (C=O) groups excluding carboxylic acids is 3. The van der Waals surface area contributed by atoms with Crippen LogP contribution in [0.1, 0.15) is 97.1 Å². The van der Waals surface area contributed by atoms with Gasteiger partial charge in [-0.2, -0.15) is 0 Å². The number of alkyl carbamates (subject to hydrolysis) is 1. The Morgan fingerprint density at radius 3 is 2.53 bits per heavy atom. The van der Waals surface area contributed by atoms with E-state index < -0.39 is 35.3 Å². The number of aromatic nitrogens is 2. The van der Waals surface area contributed by atoms with Crippen LogP contribution < -0.4 is 14.8 Å². The highest BCUT2D eigenvalue weighted by Gasteiger charge is 2.51. The third-order valence-electron chi connectivity index (χ3n) is 11.3. The van der Waals surface area contributed by atoms with Crippen molar-refractivity contribution in [2.24, 2.45) is 17.3 Å². The molecule has 10 nitrogen and oxygen atoms in total. The lowest BCUT2D eigenvalue weighted by Gasteiger charge is -2.38. The monoisotopic (exact) mass is 620 g/mol. The molecule has 1 saturated heterocycles. The van der Waals surface area contributed by atoms with Crippen LogP contribution in [0.15, 0.2) is 18.2 Å². The molecule has 1 aromatic carbocycles. The highest BCUT2D eigenvalue weighted by molar-refractivity contribution is 5.89. The third kappa shape index (κ3) is 6.21. The zero-order valence-corrected chi connectivity index (χ0v) is 27.2. The van der Waals surface area contributed by atoms with Crippen molar-refractivity contribution in [2.75, 3.05) is 13.7 Å². The van der Waals surface area contributed by atoms with E-state index in [4.69, 9.17) is 24.2 Å². The van der Waals surface area contributed by atoms with Crippen LogP contribution >= 0.6 is 0 Å². The van der Waals surface area contributed by atoms with Gasteiger partial charge in [0.2, 0.25) is 11.8 Å². The summed E-state index contributed by atoms with van der Waals surface area (Å²) in [7, 11) is 1.62. The number of hydrogen-bond acceptors (Lipinski definition) is 8. The van der Waals surface area contributed by atoms with Crippen LogP contribution in [-0.4, -0.2) is 70.6 Å². The summed E-state index contributed by atoms with van der Waals surface area (Å²) < 4.78 is 18.2. The molecule has 45 heavy (non-hydrogen) atoms. The first-order valence-corrected chi connectivity index (χ1v) is 16.9. The molecule has 0 spiro atoms. The van der Waals surface area contributed by atoms with Gasteiger partial charge in [0.1, 0.15) is 35.5 Å². The number of nitrogens with one attached hydrogen (secondary N) is 1. The van der Waals surface area contributed by atoms with E-state index in [1.807, 2.05) is 25.1 Å². The van der Waals surface area contributed by atoms with Gasteiger partial charge in [0.05, 0.1) is 30.7 Å². The fourth-order valence-electron chi connectivity index (χ4n) is 8.33. The van der Waals surface area contributed by atoms with Crippen LogP contribution in [0.4, 0.5) is 4.79 Å². The summed E-state index contributed by atoms with van der Waals surface area (Å²) in [6, 6.07) is 4.14. The zero-order chi connectivity index (χ0) is 31.8. The fraction of sp³-hybridized carbons (Fsp3) is 0.686. The molecule has 0 radical (unpaired) electrons. The van der Waals surface area contributed by atoms with Crippen molar-refractivity contribution in [3.05, 3.63) is 23.9 Å². The van der Waals surface area contributed by atoms with E-state index >= 15 is 0 Å². The molecule has 2 aliphatic heterocycles. The molecule has 1 aromatic heterocycles. The predicted octanol–water partition coefficient (Wildman–Crippen LogP) is 5.78. The van der Waals surface area contributed by atoms with Crippen molar-refractivity contribution in [3.8, 4) is 11.6 Å². The van der Waals surface area contributed by atoms with Gasteiger partial charge >= 0.3 is 6.09 Å². The second kappa shape index (κ2) is 12.8. The minimum atomic E-state index is -0.799. The molecule has 2 saturated carbocycles. The van der Waals surface area contributed by atoms with E-state index in [9.17, 15) is 14.4 Å². The van der Waals surface area contributed by atoms with Crippen molar-refractivity contribution in [1.29, 1.82) is 0 Å². The summed E-state index contributed by atoms with van der Waals surface area (Å²) in [5.74, 6) is 0.853. The largest absolute Gasteiger partial charge is 0.497 e. The summed E-state index contributed by atoms with van der Waals surface area (Å²) in [4.78, 5) is 52.0. The van der Waals surface area contributed by atoms with Gasteiger partial charge < -0.3 is 29.2 Å². The van der Waals surface area contributed by atoms with E-state index in [1.54, 1.807) is 12.0 Å².